The Kier molecular flexibility index (Phi) is 17.9. The summed E-state index contributed by atoms with van der Waals surface area (Å²) in [4.78, 5) is 64.4. The van der Waals surface area contributed by atoms with E-state index in [2.05, 4.69) is 0 Å². The van der Waals surface area contributed by atoms with E-state index in [4.69, 9.17) is 37.9 Å². The van der Waals surface area contributed by atoms with Gasteiger partial charge in [0.1, 0.15) is 18.3 Å². The van der Waals surface area contributed by atoms with Crippen molar-refractivity contribution >= 4 is 29.8 Å². The molecule has 3 N–H and O–H groups in total. The summed E-state index contributed by atoms with van der Waals surface area (Å²) in [7, 11) is 1.18. The molecule has 0 aliphatic carbocycles. The minimum Gasteiger partial charge on any atom is -0.466 e. The van der Waals surface area contributed by atoms with Crippen molar-refractivity contribution in [2.75, 3.05) is 7.11 Å². The number of hydrogen-bond donors (Lipinski definition) is 3. The van der Waals surface area contributed by atoms with Gasteiger partial charge in [-0.3, -0.25) is 14.4 Å². The fourth-order valence-electron chi connectivity index (χ4n) is 8.60. The number of rotatable bonds is 9. The highest BCUT2D eigenvalue weighted by Gasteiger charge is 2.59. The van der Waals surface area contributed by atoms with Crippen molar-refractivity contribution in [3.63, 3.8) is 0 Å². The first-order valence-electron chi connectivity index (χ1n) is 22.1. The average Bonchev–Trinajstić information content (AvgIpc) is 3.17. The third-order valence-electron chi connectivity index (χ3n) is 12.7. The summed E-state index contributed by atoms with van der Waals surface area (Å²) in [5, 5.41) is 36.3. The number of carbonyl (C=O) groups excluding carboxylic acids is 5. The second-order valence-electron chi connectivity index (χ2n) is 18.6. The van der Waals surface area contributed by atoms with Crippen molar-refractivity contribution in [3.05, 3.63) is 48.1 Å². The van der Waals surface area contributed by atoms with Crippen molar-refractivity contribution in [2.24, 2.45) is 16.7 Å². The first-order chi connectivity index (χ1) is 29.4. The minimum absolute atomic E-state index is 0.0905. The molecule has 16 heteroatoms. The lowest BCUT2D eigenvalue weighted by atomic mass is 9.70. The first kappa shape index (κ1) is 51.7. The molecular weight excluding hydrogens is 821 g/mol. The van der Waals surface area contributed by atoms with Crippen LogP contribution in [0.3, 0.4) is 0 Å². The number of fused-ring (bicyclic) bond motifs is 6. The van der Waals surface area contributed by atoms with Gasteiger partial charge < -0.3 is 53.2 Å². The SMILES string of the molecule is CCC(C)/C=C\C=C\C(=O)O[C@H]1/C(=C/C(=O)OC)CC2CC([C@H](C)O)OC(=O)CCCC3CC(OC(C)=O)C(C)(C)[C@@](O)(C[C@H]4CC(OC(C)=O)C[C@@H](/C=C\C(C)(C)C1(O)O2)O4)O3. The molecule has 12 atom stereocenters. The van der Waals surface area contributed by atoms with Gasteiger partial charge in [0.25, 0.3) is 0 Å². The first-order valence-corrected chi connectivity index (χ1v) is 22.1. The fraction of sp³-hybridized carbons (Fsp3) is 0.723. The van der Waals surface area contributed by atoms with E-state index < -0.39 is 107 Å². The molecule has 6 bridgehead atoms. The molecule has 0 aromatic heterocycles. The van der Waals surface area contributed by atoms with Crippen LogP contribution < -0.4 is 0 Å². The zero-order chi connectivity index (χ0) is 46.9. The number of aliphatic hydroxyl groups is 3. The number of ether oxygens (including phenoxy) is 8. The van der Waals surface area contributed by atoms with Gasteiger partial charge in [0.15, 0.2) is 11.9 Å². The van der Waals surface area contributed by atoms with Crippen molar-refractivity contribution in [3.8, 4) is 0 Å². The Hall–Kier alpha value is -3.93. The Morgan fingerprint density at radius 1 is 0.905 bits per heavy atom. The molecular formula is C47H70O16. The predicted molar refractivity (Wildman–Crippen MR) is 227 cm³/mol. The standard InChI is InChI=1S/C47H70O16/c1-11-28(2)15-12-13-17-41(52)61-43-32(22-42(53)56-10)21-36-25-38(29(3)48)60-40(51)18-14-16-34-26-39(58-31(5)50)45(8,9)46(54,62-34)27-37-24-35(57-30(4)49)23-33(59-37)19-20-44(6,7)47(43,55)63-36/h12-13,15,17,19-20,22,28-29,33-39,43,48,54-55H,11,14,16,18,21,23-27H2,1-10H3/b15-12-,17-13+,20-19-,32-22+/t28?,29-,33+,34?,35?,36?,37+,38?,39?,43-,46+,47?/m0/s1. The van der Waals surface area contributed by atoms with Gasteiger partial charge in [0.05, 0.1) is 43.0 Å². The van der Waals surface area contributed by atoms with E-state index in [0.717, 1.165) is 12.5 Å². The van der Waals surface area contributed by atoms with E-state index in [-0.39, 0.29) is 69.3 Å². The second kappa shape index (κ2) is 21.8. The van der Waals surface area contributed by atoms with Gasteiger partial charge in [-0.2, -0.15) is 0 Å². The van der Waals surface area contributed by atoms with Gasteiger partial charge in [-0.15, -0.1) is 0 Å². The van der Waals surface area contributed by atoms with Crippen LogP contribution in [0.4, 0.5) is 0 Å². The maximum absolute atomic E-state index is 13.5. The molecule has 0 amide bonds. The van der Waals surface area contributed by atoms with Gasteiger partial charge >= 0.3 is 29.8 Å². The van der Waals surface area contributed by atoms with Gasteiger partial charge in [-0.1, -0.05) is 78.3 Å². The number of cyclic esters (lactones) is 1. The lowest BCUT2D eigenvalue weighted by Gasteiger charge is -2.53. The van der Waals surface area contributed by atoms with Crippen LogP contribution in [0.1, 0.15) is 127 Å². The van der Waals surface area contributed by atoms with Gasteiger partial charge in [0.2, 0.25) is 5.79 Å². The van der Waals surface area contributed by atoms with Crippen LogP contribution in [0.15, 0.2) is 48.1 Å². The molecule has 0 spiro atoms. The summed E-state index contributed by atoms with van der Waals surface area (Å²) in [6.45, 7) is 14.8. The Morgan fingerprint density at radius 3 is 2.24 bits per heavy atom. The van der Waals surface area contributed by atoms with E-state index in [1.807, 2.05) is 19.9 Å². The molecule has 7 unspecified atom stereocenters. The molecule has 4 aliphatic rings. The zero-order valence-electron chi connectivity index (χ0n) is 38.5. The predicted octanol–water partition coefficient (Wildman–Crippen LogP) is 5.39. The molecule has 354 valence electrons. The largest absolute Gasteiger partial charge is 0.466 e. The van der Waals surface area contributed by atoms with Crippen molar-refractivity contribution < 1.29 is 77.2 Å². The molecule has 16 nitrogen and oxygen atoms in total. The average molecular weight is 891 g/mol. The zero-order valence-corrected chi connectivity index (χ0v) is 38.5. The molecule has 0 radical (unpaired) electrons. The van der Waals surface area contributed by atoms with Crippen LogP contribution in [0.2, 0.25) is 0 Å². The van der Waals surface area contributed by atoms with E-state index in [0.29, 0.717) is 0 Å². The van der Waals surface area contributed by atoms with Crippen molar-refractivity contribution in [1.82, 2.24) is 0 Å². The molecule has 0 aromatic carbocycles. The molecule has 4 aliphatic heterocycles. The lowest BCUT2D eigenvalue weighted by Crippen LogP contribution is -2.62. The highest BCUT2D eigenvalue weighted by atomic mass is 16.7. The second-order valence-corrected chi connectivity index (χ2v) is 18.6. The molecule has 4 rings (SSSR count). The van der Waals surface area contributed by atoms with E-state index in [1.165, 1.54) is 40.0 Å². The highest BCUT2D eigenvalue weighted by molar-refractivity contribution is 5.84. The fourth-order valence-corrected chi connectivity index (χ4v) is 8.60. The van der Waals surface area contributed by atoms with Gasteiger partial charge in [-0.25, -0.2) is 9.59 Å². The molecule has 63 heavy (non-hydrogen) atoms. The number of hydrogen-bond acceptors (Lipinski definition) is 16. The summed E-state index contributed by atoms with van der Waals surface area (Å²) in [5.74, 6) is -7.40. The number of methoxy groups -OCH3 is 1. The molecule has 4 heterocycles. The quantitative estimate of drug-likeness (QED) is 0.0869. The Labute approximate surface area is 371 Å². The lowest BCUT2D eigenvalue weighted by molar-refractivity contribution is -0.348. The Balaban J connectivity index is 1.84. The third-order valence-corrected chi connectivity index (χ3v) is 12.7. The summed E-state index contributed by atoms with van der Waals surface area (Å²) in [6, 6.07) is 0. The van der Waals surface area contributed by atoms with Crippen molar-refractivity contribution in [2.45, 2.75) is 193 Å². The maximum Gasteiger partial charge on any atom is 0.331 e. The van der Waals surface area contributed by atoms with Crippen LogP contribution in [0, 0.1) is 16.7 Å². The Bertz CT molecular complexity index is 1740. The van der Waals surface area contributed by atoms with Gasteiger partial charge in [0, 0.05) is 69.9 Å². The smallest absolute Gasteiger partial charge is 0.331 e. The number of aliphatic hydroxyl groups excluding tert-OH is 1. The summed E-state index contributed by atoms with van der Waals surface area (Å²) in [5.41, 5.74) is -2.48. The van der Waals surface area contributed by atoms with Crippen LogP contribution in [0.25, 0.3) is 0 Å². The summed E-state index contributed by atoms with van der Waals surface area (Å²) >= 11 is 0. The molecule has 0 saturated carbocycles. The van der Waals surface area contributed by atoms with E-state index >= 15 is 0 Å². The Morgan fingerprint density at radius 2 is 1.60 bits per heavy atom. The number of esters is 5. The van der Waals surface area contributed by atoms with Crippen LogP contribution in [0.5, 0.6) is 0 Å². The minimum atomic E-state index is -2.42. The highest BCUT2D eigenvalue weighted by Crippen LogP contribution is 2.50. The number of carbonyl (C=O) groups is 5. The van der Waals surface area contributed by atoms with E-state index in [9.17, 15) is 39.3 Å². The van der Waals surface area contributed by atoms with Gasteiger partial charge in [-0.05, 0) is 37.7 Å². The molecule has 3 fully saturated rings. The monoisotopic (exact) mass is 890 g/mol. The van der Waals surface area contributed by atoms with Crippen LogP contribution >= 0.6 is 0 Å². The topological polar surface area (TPSA) is 220 Å². The molecule has 0 aromatic rings. The normalized spacial score (nSPS) is 36.0. The molecule has 3 saturated heterocycles. The van der Waals surface area contributed by atoms with E-state index in [1.54, 1.807) is 45.9 Å². The van der Waals surface area contributed by atoms with Crippen molar-refractivity contribution in [1.29, 1.82) is 0 Å². The number of allylic oxidation sites excluding steroid dienone is 3. The van der Waals surface area contributed by atoms with Crippen LogP contribution in [-0.4, -0.2) is 119 Å². The summed E-state index contributed by atoms with van der Waals surface area (Å²) < 4.78 is 47.7. The maximum atomic E-state index is 13.5. The van der Waals surface area contributed by atoms with Crippen LogP contribution in [-0.2, 0) is 61.9 Å². The summed E-state index contributed by atoms with van der Waals surface area (Å²) in [6.07, 6.45) is 3.84. The third kappa shape index (κ3) is 13.6.